The summed E-state index contributed by atoms with van der Waals surface area (Å²) in [5, 5.41) is 11.4. The number of benzene rings is 1. The number of nitrogens with one attached hydrogen (secondary N) is 2. The molecule has 0 aliphatic carbocycles. The van der Waals surface area contributed by atoms with Crippen LogP contribution in [-0.4, -0.2) is 118 Å². The van der Waals surface area contributed by atoms with Gasteiger partial charge in [-0.2, -0.15) is 5.26 Å². The molecular weight excluding hydrogens is 1040 g/mol. The number of aromatic amines is 1. The van der Waals surface area contributed by atoms with Gasteiger partial charge in [0.15, 0.2) is 57.5 Å². The van der Waals surface area contributed by atoms with E-state index in [1.165, 1.54) is 17.2 Å². The number of nitriles is 1. The normalized spacial score (nSPS) is 29.0. The van der Waals surface area contributed by atoms with Crippen LogP contribution in [0.15, 0.2) is 60.3 Å². The molecule has 5 aromatic rings. The highest BCUT2D eigenvalue weighted by Gasteiger charge is 2.57. The number of H-pyrrole nitrogens is 1. The summed E-state index contributed by atoms with van der Waals surface area (Å²) in [4.78, 5) is 58.6. The Morgan fingerprint density at radius 2 is 1.58 bits per heavy atom. The SMILES string of the molecule is CC(C)(C)[Si](C)(C)OC1[C@H]2OP(=S)(OCCC#N)OC[C@H]3O[C@@H](n4cc(F)c5c(=O)[nH]cnc54)C(O[Si](C)(C)C(C)(C)C)[C@@H]3OP(O)(=S)OC[C@H]1O[C@H]2n1cnc2c(NC(=O)c3ccccc3)ncnc21. The zero-order valence-electron chi connectivity index (χ0n) is 40.8. The third kappa shape index (κ3) is 11.1. The molecule has 3 aliphatic rings. The number of amides is 1. The molecule has 0 spiro atoms. The summed E-state index contributed by atoms with van der Waals surface area (Å²) in [6, 6.07) is 10.7. The minimum absolute atomic E-state index is 0.0432. The maximum Gasteiger partial charge on any atom is 0.327 e. The minimum atomic E-state index is -4.35. The number of hydrogen-bond acceptors (Lipinski definition) is 18. The highest BCUT2D eigenvalue weighted by molar-refractivity contribution is 8.07. The van der Waals surface area contributed by atoms with Gasteiger partial charge in [-0.15, -0.1) is 0 Å². The Labute approximate surface area is 421 Å². The van der Waals surface area contributed by atoms with E-state index < -0.39 is 110 Å². The van der Waals surface area contributed by atoms with Crippen LogP contribution in [0.4, 0.5) is 10.2 Å². The molecule has 28 heteroatoms. The van der Waals surface area contributed by atoms with Crippen molar-refractivity contribution in [2.45, 2.75) is 133 Å². The van der Waals surface area contributed by atoms with Crippen molar-refractivity contribution < 1.29 is 55.0 Å². The van der Waals surface area contributed by atoms with Crippen LogP contribution in [0.1, 0.15) is 70.8 Å². The second kappa shape index (κ2) is 20.3. The van der Waals surface area contributed by atoms with Crippen LogP contribution < -0.4 is 10.9 Å². The van der Waals surface area contributed by atoms with E-state index in [0.717, 1.165) is 12.5 Å². The summed E-state index contributed by atoms with van der Waals surface area (Å²) in [7, 11) is -5.57. The van der Waals surface area contributed by atoms with Gasteiger partial charge in [0.05, 0.1) is 45.0 Å². The molecule has 1 aromatic carbocycles. The monoisotopic (exact) mass is 1090 g/mol. The van der Waals surface area contributed by atoms with Crippen molar-refractivity contribution in [3.63, 3.8) is 0 Å². The van der Waals surface area contributed by atoms with Gasteiger partial charge in [0.2, 0.25) is 0 Å². The zero-order valence-corrected chi connectivity index (χ0v) is 46.2. The summed E-state index contributed by atoms with van der Waals surface area (Å²) in [5.74, 6) is -1.16. The molecule has 3 saturated heterocycles. The van der Waals surface area contributed by atoms with Crippen LogP contribution in [0, 0.1) is 17.1 Å². The number of anilines is 1. The fourth-order valence-electron chi connectivity index (χ4n) is 7.78. The lowest BCUT2D eigenvalue weighted by Gasteiger charge is -2.41. The summed E-state index contributed by atoms with van der Waals surface area (Å²) >= 11 is 12.0. The van der Waals surface area contributed by atoms with E-state index in [9.17, 15) is 19.7 Å². The van der Waals surface area contributed by atoms with Gasteiger partial charge in [-0.1, -0.05) is 59.7 Å². The second-order valence-electron chi connectivity index (χ2n) is 20.4. The molecule has 4 unspecified atom stereocenters. The average molecular weight is 1090 g/mol. The van der Waals surface area contributed by atoms with Gasteiger partial charge in [-0.25, -0.2) is 24.3 Å². The van der Waals surface area contributed by atoms with Gasteiger partial charge in [0.25, 0.3) is 11.5 Å². The highest BCUT2D eigenvalue weighted by Crippen LogP contribution is 2.58. The van der Waals surface area contributed by atoms with Gasteiger partial charge in [0, 0.05) is 11.8 Å². The lowest BCUT2D eigenvalue weighted by molar-refractivity contribution is -0.0619. The molecule has 1 amide bonds. The second-order valence-corrected chi connectivity index (χ2v) is 35.7. The molecule has 2 bridgehead atoms. The predicted molar refractivity (Wildman–Crippen MR) is 271 cm³/mol. The maximum atomic E-state index is 15.7. The van der Waals surface area contributed by atoms with E-state index in [-0.39, 0.29) is 51.1 Å². The summed E-state index contributed by atoms with van der Waals surface area (Å²) in [5.41, 5.74) is 0.0969. The lowest BCUT2D eigenvalue weighted by atomic mass is 10.1. The van der Waals surface area contributed by atoms with Gasteiger partial charge in [-0.05, 0) is 72.0 Å². The van der Waals surface area contributed by atoms with Crippen LogP contribution in [0.2, 0.25) is 36.3 Å². The van der Waals surface area contributed by atoms with Crippen molar-refractivity contribution in [3.8, 4) is 6.07 Å². The number of fused-ring (bicyclic) bond motifs is 5. The third-order valence-electron chi connectivity index (χ3n) is 13.6. The van der Waals surface area contributed by atoms with Crippen LogP contribution in [-0.2, 0) is 64.6 Å². The van der Waals surface area contributed by atoms with Crippen LogP contribution in [0.3, 0.4) is 0 Å². The number of aromatic nitrogens is 7. The molecule has 7 heterocycles. The topological polar surface area (TPSA) is 250 Å². The molecule has 3 fully saturated rings. The molecular formula is C43H58FN9O12P2S2Si2. The van der Waals surface area contributed by atoms with Crippen molar-refractivity contribution >= 4 is 87.6 Å². The van der Waals surface area contributed by atoms with E-state index in [0.29, 0.717) is 5.56 Å². The van der Waals surface area contributed by atoms with Gasteiger partial charge < -0.3 is 51.7 Å². The largest absolute Gasteiger partial charge is 0.408 e. The predicted octanol–water partition coefficient (Wildman–Crippen LogP) is 7.72. The zero-order chi connectivity index (χ0) is 51.5. The van der Waals surface area contributed by atoms with E-state index in [1.54, 1.807) is 34.9 Å². The highest BCUT2D eigenvalue weighted by atomic mass is 32.5. The Hall–Kier alpha value is -3.59. The molecule has 8 rings (SSSR count). The van der Waals surface area contributed by atoms with Crippen molar-refractivity contribution in [2.24, 2.45) is 0 Å². The molecule has 0 radical (unpaired) electrons. The number of rotatable bonds is 11. The van der Waals surface area contributed by atoms with E-state index in [2.05, 4.69) is 57.1 Å². The number of imidazole rings is 1. The number of hydrogen-bond donors (Lipinski definition) is 3. The first kappa shape index (κ1) is 53.7. The Morgan fingerprint density at radius 3 is 2.25 bits per heavy atom. The van der Waals surface area contributed by atoms with Gasteiger partial charge in [0.1, 0.15) is 48.3 Å². The minimum Gasteiger partial charge on any atom is -0.408 e. The van der Waals surface area contributed by atoms with E-state index in [4.69, 9.17) is 64.6 Å². The molecule has 71 heavy (non-hydrogen) atoms. The van der Waals surface area contributed by atoms with Crippen molar-refractivity contribution in [1.82, 2.24) is 34.1 Å². The Balaban J connectivity index is 1.23. The molecule has 4 aromatic heterocycles. The standard InChI is InChI=1S/C43H58FN9O12P2S2Si2/c1-42(2,3)70(7,8)64-32-28-20-58-66(56,68)62-31-27(60-41(34(31)65-71(9,10)43(4,5)6)52-19-26(44)29-36(52)47-23-49-39(29)55)21-59-67(69,57-18-14-17-45)63-33(32)40(61-28)53-24-50-30-35(46-22-48-37(30)53)51-38(54)25-15-12-11-13-16-25/h11-13,15-16,19,22-24,27-28,31-34,40-41H,14,18,20-21H2,1-10H3,(H,56,68)(H,47,49,55)(H,46,48,51,54)/t27-,28-,31-,32?,33-,34?,40-,41-,66?,67?/m1/s1. The maximum absolute atomic E-state index is 15.7. The number of halogens is 1. The molecule has 21 nitrogen and oxygen atoms in total. The first-order valence-electron chi connectivity index (χ1n) is 22.8. The number of ether oxygens (including phenoxy) is 2. The number of carbonyl (C=O) groups excluding carboxylic acids is 1. The number of nitrogens with zero attached hydrogens (tertiary/aromatic N) is 7. The summed E-state index contributed by atoms with van der Waals surface area (Å²) in [6.07, 6.45) is -4.44. The Morgan fingerprint density at radius 1 is 0.915 bits per heavy atom. The quantitative estimate of drug-likeness (QED) is 0.0650. The van der Waals surface area contributed by atoms with E-state index >= 15 is 4.39 Å². The van der Waals surface area contributed by atoms with Gasteiger partial charge >= 0.3 is 13.4 Å². The first-order chi connectivity index (χ1) is 33.2. The van der Waals surface area contributed by atoms with Crippen LogP contribution in [0.5, 0.6) is 0 Å². The van der Waals surface area contributed by atoms with Crippen LogP contribution >= 0.6 is 13.4 Å². The smallest absolute Gasteiger partial charge is 0.327 e. The molecule has 384 valence electrons. The lowest BCUT2D eigenvalue weighted by Crippen LogP contribution is -2.50. The molecule has 0 saturated carbocycles. The first-order valence-corrected chi connectivity index (χ1v) is 33.7. The Bertz CT molecular complexity index is 2990. The molecule has 3 aliphatic heterocycles. The summed E-state index contributed by atoms with van der Waals surface area (Å²) in [6.45, 7) is 10.9. The molecule has 3 N–H and O–H groups in total. The van der Waals surface area contributed by atoms with Gasteiger partial charge in [-0.3, -0.25) is 23.2 Å². The van der Waals surface area contributed by atoms with Crippen molar-refractivity contribution in [3.05, 3.63) is 77.2 Å². The van der Waals surface area contributed by atoms with Crippen LogP contribution in [0.25, 0.3) is 22.2 Å². The fraction of sp³-hybridized carbons (Fsp3) is 0.558. The number of carbonyl (C=O) groups is 1. The van der Waals surface area contributed by atoms with Crippen molar-refractivity contribution in [1.29, 1.82) is 5.26 Å². The fourth-order valence-corrected chi connectivity index (χ4v) is 13.9. The van der Waals surface area contributed by atoms with Crippen molar-refractivity contribution in [2.75, 3.05) is 25.1 Å². The third-order valence-corrected chi connectivity index (χ3v) is 26.4. The molecule has 10 atom stereocenters. The summed E-state index contributed by atoms with van der Waals surface area (Å²) < 4.78 is 79.0. The van der Waals surface area contributed by atoms with E-state index in [1.807, 2.05) is 47.0 Å². The average Bonchev–Trinajstić information content (AvgIpc) is 4.04. The Kier molecular flexibility index (Phi) is 15.3.